The van der Waals surface area contributed by atoms with E-state index in [1.54, 1.807) is 6.92 Å². The molecular weight excluding hydrogens is 407 g/mol. The maximum absolute atomic E-state index is 12.5. The number of aryl methyl sites for hydroxylation is 1. The van der Waals surface area contributed by atoms with Crippen molar-refractivity contribution in [3.8, 4) is 0 Å². The number of esters is 1. The summed E-state index contributed by atoms with van der Waals surface area (Å²) in [6.07, 6.45) is -0.659. The number of methoxy groups -OCH3 is 1. The van der Waals surface area contributed by atoms with Crippen LogP contribution in [-0.4, -0.2) is 53.3 Å². The third-order valence-corrected chi connectivity index (χ3v) is 6.94. The number of aromatic nitrogens is 2. The van der Waals surface area contributed by atoms with Crippen LogP contribution < -0.4 is 15.7 Å². The second-order valence-electron chi connectivity index (χ2n) is 5.88. The molecule has 1 saturated heterocycles. The minimum absolute atomic E-state index is 0.0229. The Hall–Kier alpha value is -2.19. The molecule has 9 heteroatoms. The molecule has 0 amide bonds. The topological polar surface area (TPSA) is 111 Å². The molecule has 1 aromatic heterocycles. The van der Waals surface area contributed by atoms with Crippen molar-refractivity contribution in [3.63, 3.8) is 0 Å². The fourth-order valence-corrected chi connectivity index (χ4v) is 5.29. The molecule has 0 radical (unpaired) electrons. The summed E-state index contributed by atoms with van der Waals surface area (Å²) in [5.74, 6) is -0.689. The molecule has 2 N–H and O–H groups in total. The predicted octanol–water partition coefficient (Wildman–Crippen LogP) is -0.976. The molecule has 0 spiro atoms. The normalized spacial score (nSPS) is 25.2. The fourth-order valence-electron chi connectivity index (χ4n) is 2.77. The maximum atomic E-state index is 12.5. The molecule has 1 aliphatic rings. The van der Waals surface area contributed by atoms with Gasteiger partial charge in [-0.15, -0.1) is 0 Å². The number of nitrogens with one attached hydrogen (secondary N) is 1. The summed E-state index contributed by atoms with van der Waals surface area (Å²) < 4.78 is 11.3. The predicted molar refractivity (Wildman–Crippen MR) is 93.4 cm³/mol. The molecule has 1 aliphatic heterocycles. The van der Waals surface area contributed by atoms with Gasteiger partial charge < -0.3 is 0 Å². The van der Waals surface area contributed by atoms with Crippen LogP contribution in [0, 0.1) is 6.92 Å². The molecule has 2 aromatic rings. The van der Waals surface area contributed by atoms with Crippen molar-refractivity contribution in [3.05, 3.63) is 62.9 Å². The van der Waals surface area contributed by atoms with E-state index >= 15 is 0 Å². The van der Waals surface area contributed by atoms with Gasteiger partial charge in [0.1, 0.15) is 0 Å². The summed E-state index contributed by atoms with van der Waals surface area (Å²) in [7, 11) is 1.23. The van der Waals surface area contributed by atoms with Crippen LogP contribution in [0.4, 0.5) is 0 Å². The van der Waals surface area contributed by atoms with Gasteiger partial charge in [-0.3, -0.25) is 0 Å². The Balaban J connectivity index is 2.00. The molecule has 2 heterocycles. The number of carbonyl (C=O) groups excluding carboxylic acids is 1. The first kappa shape index (κ1) is 18.6. The Kier molecular flexibility index (Phi) is 5.15. The number of nitrogens with zero attached hydrogens (tertiary/aromatic N) is 1. The number of benzene rings is 1. The summed E-state index contributed by atoms with van der Waals surface area (Å²) in [5, 5.41) is 10.7. The molecule has 3 atom stereocenters. The first-order valence-corrected chi connectivity index (χ1v) is 9.59. The third kappa shape index (κ3) is 3.26. The van der Waals surface area contributed by atoms with Gasteiger partial charge in [-0.25, -0.2) is 0 Å². The fraction of sp³-hybridized carbons (Fsp3) is 0.353. The molecule has 1 aromatic carbocycles. The molecule has 0 unspecified atom stereocenters. The van der Waals surface area contributed by atoms with E-state index in [1.165, 1.54) is 17.9 Å². The van der Waals surface area contributed by atoms with E-state index in [0.29, 0.717) is 5.56 Å². The second-order valence-corrected chi connectivity index (χ2v) is 8.57. The zero-order valence-electron chi connectivity index (χ0n) is 14.2. The number of hydrogen-bond donors (Lipinski definition) is 2. The van der Waals surface area contributed by atoms with E-state index in [0.717, 1.165) is 4.46 Å². The summed E-state index contributed by atoms with van der Waals surface area (Å²) in [6, 6.07) is 9.18. The van der Waals surface area contributed by atoms with Gasteiger partial charge in [0.25, 0.3) is 0 Å². The van der Waals surface area contributed by atoms with Crippen molar-refractivity contribution >= 4 is 25.4 Å². The first-order valence-electron chi connectivity index (χ1n) is 7.88. The van der Waals surface area contributed by atoms with Gasteiger partial charge in [0.2, 0.25) is 0 Å². The first-order chi connectivity index (χ1) is 12.4. The number of carbonyl (C=O) groups is 1. The third-order valence-electron chi connectivity index (χ3n) is 4.11. The van der Waals surface area contributed by atoms with E-state index < -0.39 is 49.0 Å². The van der Waals surface area contributed by atoms with Gasteiger partial charge >= 0.3 is 155 Å². The number of ether oxygens (including phenoxy) is 2. The zero-order chi connectivity index (χ0) is 18.9. The Morgan fingerprint density at radius 3 is 2.73 bits per heavy atom. The number of aliphatic hydroxyl groups excluding tert-OH is 1. The zero-order valence-corrected chi connectivity index (χ0v) is 15.9. The van der Waals surface area contributed by atoms with Gasteiger partial charge in [0.15, 0.2) is 0 Å². The van der Waals surface area contributed by atoms with E-state index in [-0.39, 0.29) is 6.42 Å². The SMILES string of the molecule is COC(=O)[C@]1([Se]c2ccccc2)O[C@@H](n2cc(C)c(=O)[nH]c2=O)C[C@H]1O. The van der Waals surface area contributed by atoms with Crippen LogP contribution in [0.15, 0.2) is 46.1 Å². The number of hydrogen-bond acceptors (Lipinski definition) is 6. The monoisotopic (exact) mass is 426 g/mol. The van der Waals surface area contributed by atoms with E-state index in [1.807, 2.05) is 30.3 Å². The molecule has 3 rings (SSSR count). The summed E-state index contributed by atoms with van der Waals surface area (Å²) in [4.78, 5) is 38.4. The Morgan fingerprint density at radius 2 is 2.08 bits per heavy atom. The number of aliphatic hydroxyl groups is 1. The molecule has 26 heavy (non-hydrogen) atoms. The number of aromatic amines is 1. The van der Waals surface area contributed by atoms with Crippen molar-refractivity contribution in [2.75, 3.05) is 7.11 Å². The molecule has 1 fully saturated rings. The van der Waals surface area contributed by atoms with Crippen molar-refractivity contribution in [2.24, 2.45) is 0 Å². The van der Waals surface area contributed by atoms with Crippen LogP contribution in [0.3, 0.4) is 0 Å². The Bertz CT molecular complexity index is 925. The van der Waals surface area contributed by atoms with Gasteiger partial charge in [0, 0.05) is 0 Å². The summed E-state index contributed by atoms with van der Waals surface area (Å²) in [5.41, 5.74) is -0.824. The molecule has 138 valence electrons. The molecule has 8 nitrogen and oxygen atoms in total. The van der Waals surface area contributed by atoms with Gasteiger partial charge in [-0.05, 0) is 0 Å². The van der Waals surface area contributed by atoms with Gasteiger partial charge in [0.05, 0.1) is 0 Å². The van der Waals surface area contributed by atoms with Crippen molar-refractivity contribution in [1.29, 1.82) is 0 Å². The average molecular weight is 425 g/mol. The van der Waals surface area contributed by atoms with Crippen LogP contribution in [-0.2, 0) is 14.3 Å². The Morgan fingerprint density at radius 1 is 1.38 bits per heavy atom. The summed E-state index contributed by atoms with van der Waals surface area (Å²) >= 11 is -0.601. The molecule has 0 saturated carbocycles. The van der Waals surface area contributed by atoms with Crippen molar-refractivity contribution in [1.82, 2.24) is 9.55 Å². The van der Waals surface area contributed by atoms with Crippen LogP contribution in [0.5, 0.6) is 0 Å². The molecule has 0 bridgehead atoms. The quantitative estimate of drug-likeness (QED) is 0.482. The van der Waals surface area contributed by atoms with Crippen LogP contribution in [0.25, 0.3) is 0 Å². The second kappa shape index (κ2) is 7.20. The van der Waals surface area contributed by atoms with Crippen molar-refractivity contribution < 1.29 is 19.4 Å². The van der Waals surface area contributed by atoms with E-state index in [2.05, 4.69) is 4.98 Å². The number of rotatable bonds is 4. The molecular formula is C17H18N2O6Se. The van der Waals surface area contributed by atoms with Gasteiger partial charge in [-0.1, -0.05) is 0 Å². The van der Waals surface area contributed by atoms with Crippen LogP contribution in [0.1, 0.15) is 18.2 Å². The average Bonchev–Trinajstić information content (AvgIpc) is 2.95. The molecule has 0 aliphatic carbocycles. The van der Waals surface area contributed by atoms with Crippen LogP contribution in [0.2, 0.25) is 0 Å². The standard InChI is InChI=1S/C17H18N2O6Se/c1-10-9-19(16(23)18-14(10)21)13-8-12(20)17(25-13,15(22)24-2)26-11-6-4-3-5-7-11/h3-7,9,12-13,20H,8H2,1-2H3,(H,18,21,23)/t12-,13-,17+/m1/s1. The van der Waals surface area contributed by atoms with Crippen LogP contribution >= 0.6 is 0 Å². The Labute approximate surface area is 154 Å². The summed E-state index contributed by atoms with van der Waals surface area (Å²) in [6.45, 7) is 1.56. The van der Waals surface area contributed by atoms with Gasteiger partial charge in [-0.2, -0.15) is 0 Å². The number of H-pyrrole nitrogens is 1. The van der Waals surface area contributed by atoms with Crippen molar-refractivity contribution in [2.45, 2.75) is 30.2 Å². The van der Waals surface area contributed by atoms with E-state index in [9.17, 15) is 19.5 Å². The van der Waals surface area contributed by atoms with E-state index in [4.69, 9.17) is 9.47 Å². The minimum atomic E-state index is -1.57.